The van der Waals surface area contributed by atoms with E-state index in [1.807, 2.05) is 6.26 Å². The number of aliphatic carboxylic acids is 1. The fourth-order valence-electron chi connectivity index (χ4n) is 2.92. The maximum atomic E-state index is 12.9. The van der Waals surface area contributed by atoms with Crippen molar-refractivity contribution in [1.82, 2.24) is 10.2 Å². The Labute approximate surface area is 130 Å². The van der Waals surface area contributed by atoms with Crippen molar-refractivity contribution in [1.29, 1.82) is 0 Å². The lowest BCUT2D eigenvalue weighted by atomic mass is 9.84. The van der Waals surface area contributed by atoms with Crippen LogP contribution in [-0.4, -0.2) is 58.8 Å². The summed E-state index contributed by atoms with van der Waals surface area (Å²) in [5.74, 6) is -5.12. The highest BCUT2D eigenvalue weighted by atomic mass is 32.2. The largest absolute Gasteiger partial charge is 0.481 e. The van der Waals surface area contributed by atoms with Gasteiger partial charge < -0.3 is 15.3 Å². The fraction of sp³-hybridized carbons (Fsp3) is 0.846. The molecule has 1 aliphatic heterocycles. The number of urea groups is 1. The zero-order chi connectivity index (χ0) is 16.5. The van der Waals surface area contributed by atoms with Gasteiger partial charge in [-0.3, -0.25) is 4.79 Å². The number of nitrogens with one attached hydrogen (secondary N) is 1. The molecule has 22 heavy (non-hydrogen) atoms. The van der Waals surface area contributed by atoms with Gasteiger partial charge in [0.25, 0.3) is 0 Å². The van der Waals surface area contributed by atoms with E-state index in [1.54, 1.807) is 11.8 Å². The van der Waals surface area contributed by atoms with Gasteiger partial charge in [0.2, 0.25) is 0 Å². The topological polar surface area (TPSA) is 69.6 Å². The van der Waals surface area contributed by atoms with Crippen LogP contribution in [0.25, 0.3) is 0 Å². The Morgan fingerprint density at radius 2 is 2.00 bits per heavy atom. The first-order valence-corrected chi connectivity index (χ1v) is 8.28. The number of amides is 2. The molecule has 0 unspecified atom stereocenters. The second kappa shape index (κ2) is 6.17. The molecule has 0 bridgehead atoms. The third kappa shape index (κ3) is 3.44. The van der Waals surface area contributed by atoms with E-state index >= 15 is 0 Å². The van der Waals surface area contributed by atoms with Gasteiger partial charge >= 0.3 is 18.2 Å². The number of carboxylic acid groups (broad SMARTS) is 1. The van der Waals surface area contributed by atoms with Gasteiger partial charge in [-0.25, -0.2) is 4.79 Å². The maximum Gasteiger partial charge on any atom is 0.394 e. The van der Waals surface area contributed by atoms with Gasteiger partial charge in [-0.15, -0.1) is 0 Å². The van der Waals surface area contributed by atoms with E-state index in [2.05, 4.69) is 5.32 Å². The monoisotopic (exact) mass is 340 g/mol. The number of carbonyl (C=O) groups is 2. The zero-order valence-electron chi connectivity index (χ0n) is 12.2. The minimum atomic E-state index is -4.62. The molecular formula is C13H19F3N2O3S. The highest BCUT2D eigenvalue weighted by molar-refractivity contribution is 8.00. The highest BCUT2D eigenvalue weighted by Gasteiger charge is 2.53. The third-order valence-electron chi connectivity index (χ3n) is 4.60. The molecule has 126 valence electrons. The molecule has 2 N–H and O–H groups in total. The molecule has 1 aliphatic carbocycles. The van der Waals surface area contributed by atoms with E-state index < -0.39 is 43.1 Å². The lowest BCUT2D eigenvalue weighted by Gasteiger charge is -2.40. The third-order valence-corrected chi connectivity index (χ3v) is 6.02. The Bertz CT molecular complexity index is 449. The number of thioether (sulfide) groups is 1. The molecule has 1 heterocycles. The van der Waals surface area contributed by atoms with Crippen LogP contribution < -0.4 is 5.32 Å². The van der Waals surface area contributed by atoms with Crippen molar-refractivity contribution >= 4 is 23.8 Å². The average molecular weight is 340 g/mol. The Kier molecular flexibility index (Phi) is 4.84. The molecule has 5 nitrogen and oxygen atoms in total. The van der Waals surface area contributed by atoms with Crippen LogP contribution >= 0.6 is 11.8 Å². The van der Waals surface area contributed by atoms with Crippen molar-refractivity contribution < 1.29 is 27.9 Å². The molecule has 2 amide bonds. The Hall–Kier alpha value is -1.12. The van der Waals surface area contributed by atoms with Gasteiger partial charge in [0.15, 0.2) is 0 Å². The molecule has 1 saturated carbocycles. The molecule has 0 aromatic carbocycles. The van der Waals surface area contributed by atoms with Gasteiger partial charge in [-0.2, -0.15) is 24.9 Å². The summed E-state index contributed by atoms with van der Waals surface area (Å²) in [5, 5.41) is 11.6. The smallest absolute Gasteiger partial charge is 0.394 e. The predicted octanol–water partition coefficient (Wildman–Crippen LogP) is 2.18. The summed E-state index contributed by atoms with van der Waals surface area (Å²) >= 11 is 1.65. The second-order valence-electron chi connectivity index (χ2n) is 5.90. The maximum absolute atomic E-state index is 12.9. The molecule has 1 saturated heterocycles. The number of carbonyl (C=O) groups excluding carboxylic acids is 1. The van der Waals surface area contributed by atoms with Crippen LogP contribution in [0.3, 0.4) is 0 Å². The summed E-state index contributed by atoms with van der Waals surface area (Å²) in [7, 11) is 0. The van der Waals surface area contributed by atoms with E-state index in [4.69, 9.17) is 5.11 Å². The van der Waals surface area contributed by atoms with Crippen LogP contribution in [-0.2, 0) is 4.79 Å². The first-order chi connectivity index (χ1) is 10.2. The van der Waals surface area contributed by atoms with E-state index in [9.17, 15) is 22.8 Å². The van der Waals surface area contributed by atoms with Crippen molar-refractivity contribution in [2.45, 2.75) is 30.2 Å². The second-order valence-corrected chi connectivity index (χ2v) is 7.17. The molecule has 2 aliphatic rings. The quantitative estimate of drug-likeness (QED) is 0.823. The van der Waals surface area contributed by atoms with Gasteiger partial charge in [0.1, 0.15) is 0 Å². The number of nitrogens with zero attached hydrogens (tertiary/aromatic N) is 1. The van der Waals surface area contributed by atoms with Crippen molar-refractivity contribution in [3.8, 4) is 0 Å². The zero-order valence-corrected chi connectivity index (χ0v) is 13.0. The van der Waals surface area contributed by atoms with E-state index in [0.29, 0.717) is 6.54 Å². The first kappa shape index (κ1) is 17.2. The molecular weight excluding hydrogens is 321 g/mol. The lowest BCUT2D eigenvalue weighted by molar-refractivity contribution is -0.187. The van der Waals surface area contributed by atoms with Gasteiger partial charge in [-0.1, -0.05) is 6.42 Å². The Balaban J connectivity index is 1.95. The first-order valence-electron chi connectivity index (χ1n) is 7.06. The standard InChI is InChI=1S/C13H19F3N2O3S/c1-22-12(3-2-4-12)7-17-11(21)18-5-8(10(19)20)9(6-18)13(14,15)16/h8-9H,2-7H2,1H3,(H,17,21)(H,19,20)/t8-,9-/m1/s1. The summed E-state index contributed by atoms with van der Waals surface area (Å²) in [6.45, 7) is -0.603. The molecule has 0 aromatic rings. The van der Waals surface area contributed by atoms with Crippen molar-refractivity contribution in [2.75, 3.05) is 25.9 Å². The molecule has 2 atom stereocenters. The number of likely N-dealkylation sites (tertiary alicyclic amines) is 1. The van der Waals surface area contributed by atoms with E-state index in [0.717, 1.165) is 24.2 Å². The molecule has 9 heteroatoms. The average Bonchev–Trinajstić information content (AvgIpc) is 2.82. The predicted molar refractivity (Wildman–Crippen MR) is 75.7 cm³/mol. The van der Waals surface area contributed by atoms with Gasteiger partial charge in [-0.05, 0) is 19.1 Å². The number of rotatable bonds is 4. The molecule has 0 radical (unpaired) electrons. The van der Waals surface area contributed by atoms with Crippen LogP contribution in [0.4, 0.5) is 18.0 Å². The molecule has 2 fully saturated rings. The number of carboxylic acids is 1. The fourth-order valence-corrected chi connectivity index (χ4v) is 3.84. The van der Waals surface area contributed by atoms with Crippen molar-refractivity contribution in [2.24, 2.45) is 11.8 Å². The highest BCUT2D eigenvalue weighted by Crippen LogP contribution is 2.42. The SMILES string of the molecule is CSC1(CNC(=O)N2C[C@@H](C(F)(F)F)[C@H](C(=O)O)C2)CCC1. The van der Waals surface area contributed by atoms with Crippen molar-refractivity contribution in [3.05, 3.63) is 0 Å². The summed E-state index contributed by atoms with van der Waals surface area (Å²) < 4.78 is 38.6. The van der Waals surface area contributed by atoms with Crippen LogP contribution in [0.1, 0.15) is 19.3 Å². The van der Waals surface area contributed by atoms with Crippen LogP contribution in [0, 0.1) is 11.8 Å². The van der Waals surface area contributed by atoms with Crippen LogP contribution in [0.2, 0.25) is 0 Å². The Morgan fingerprint density at radius 3 is 2.36 bits per heavy atom. The molecule has 0 aromatic heterocycles. The molecule has 2 rings (SSSR count). The van der Waals surface area contributed by atoms with Gasteiger partial charge in [0.05, 0.1) is 11.8 Å². The molecule has 0 spiro atoms. The summed E-state index contributed by atoms with van der Waals surface area (Å²) in [4.78, 5) is 24.0. The normalized spacial score (nSPS) is 27.4. The van der Waals surface area contributed by atoms with E-state index in [1.165, 1.54) is 0 Å². The minimum absolute atomic E-state index is 0.0228. The van der Waals surface area contributed by atoms with Gasteiger partial charge in [0, 0.05) is 24.4 Å². The summed E-state index contributed by atoms with van der Waals surface area (Å²) in [6, 6.07) is -0.613. The number of halogens is 3. The number of hydrogen-bond donors (Lipinski definition) is 2. The minimum Gasteiger partial charge on any atom is -0.481 e. The number of alkyl halides is 3. The van der Waals surface area contributed by atoms with Crippen molar-refractivity contribution in [3.63, 3.8) is 0 Å². The summed E-state index contributed by atoms with van der Waals surface area (Å²) in [5.41, 5.74) is 0. The summed E-state index contributed by atoms with van der Waals surface area (Å²) in [6.07, 6.45) is 0.347. The van der Waals surface area contributed by atoms with Crippen LogP contribution in [0.15, 0.2) is 0 Å². The lowest BCUT2D eigenvalue weighted by Crippen LogP contribution is -2.49. The van der Waals surface area contributed by atoms with Crippen LogP contribution in [0.5, 0.6) is 0 Å². The number of hydrogen-bond acceptors (Lipinski definition) is 3. The Morgan fingerprint density at radius 1 is 1.36 bits per heavy atom. The van der Waals surface area contributed by atoms with E-state index in [-0.39, 0.29) is 4.75 Å².